The molecule has 2 rings (SSSR count). The fraction of sp³-hybridized carbons (Fsp3) is 0.357. The molecule has 2 N–H and O–H groups in total. The number of nitrogens with zero attached hydrogens (tertiary/aromatic N) is 2. The van der Waals surface area contributed by atoms with Crippen molar-refractivity contribution in [2.45, 2.75) is 19.9 Å². The third kappa shape index (κ3) is 2.54. The molecule has 1 unspecified atom stereocenters. The summed E-state index contributed by atoms with van der Waals surface area (Å²) in [4.78, 5) is 39.5. The number of carbonyl (C=O) groups excluding carboxylic acids is 1. The molecular formula is C14H17N3O4. The van der Waals surface area contributed by atoms with Crippen molar-refractivity contribution in [3.63, 3.8) is 0 Å². The van der Waals surface area contributed by atoms with E-state index in [0.29, 0.717) is 17.6 Å². The van der Waals surface area contributed by atoms with Crippen molar-refractivity contribution in [1.82, 2.24) is 14.5 Å². The molecule has 0 radical (unpaired) electrons. The number of imidazole rings is 1. The van der Waals surface area contributed by atoms with Gasteiger partial charge in [0.1, 0.15) is 6.04 Å². The minimum atomic E-state index is -1.08. The molecule has 0 fully saturated rings. The Morgan fingerprint density at radius 2 is 2.10 bits per heavy atom. The third-order valence-corrected chi connectivity index (χ3v) is 3.56. The maximum atomic E-state index is 12.2. The average molecular weight is 291 g/mol. The number of nitrogens with one attached hydrogen (secondary N) is 1. The van der Waals surface area contributed by atoms with Gasteiger partial charge in [0.05, 0.1) is 16.6 Å². The molecule has 0 saturated carbocycles. The van der Waals surface area contributed by atoms with Crippen molar-refractivity contribution >= 4 is 22.9 Å². The topological polar surface area (TPSA) is 95.4 Å². The minimum absolute atomic E-state index is 0.0683. The monoisotopic (exact) mass is 291 g/mol. The molecule has 0 aliphatic rings. The van der Waals surface area contributed by atoms with Gasteiger partial charge in [-0.05, 0) is 32.0 Å². The highest BCUT2D eigenvalue weighted by atomic mass is 16.4. The van der Waals surface area contributed by atoms with Gasteiger partial charge in [-0.1, -0.05) is 0 Å². The lowest BCUT2D eigenvalue weighted by molar-refractivity contribution is -0.132. The molecule has 1 aromatic heterocycles. The Morgan fingerprint density at radius 3 is 2.67 bits per heavy atom. The molecular weight excluding hydrogens is 274 g/mol. The molecule has 1 heterocycles. The van der Waals surface area contributed by atoms with Gasteiger partial charge < -0.3 is 15.0 Å². The maximum absolute atomic E-state index is 12.2. The summed E-state index contributed by atoms with van der Waals surface area (Å²) in [6.07, 6.45) is 0. The van der Waals surface area contributed by atoms with Gasteiger partial charge in [-0.25, -0.2) is 9.59 Å². The van der Waals surface area contributed by atoms with Crippen LogP contribution in [0.15, 0.2) is 23.0 Å². The summed E-state index contributed by atoms with van der Waals surface area (Å²) in [5.74, 6) is -1.29. The number of carboxylic acid groups (broad SMARTS) is 1. The smallest absolute Gasteiger partial charge is 0.335 e. The van der Waals surface area contributed by atoms with Crippen LogP contribution in [0.25, 0.3) is 11.0 Å². The average Bonchev–Trinajstić information content (AvgIpc) is 2.79. The summed E-state index contributed by atoms with van der Waals surface area (Å²) in [5, 5.41) is 9.04. The van der Waals surface area contributed by atoms with Crippen LogP contribution in [0.5, 0.6) is 0 Å². The highest BCUT2D eigenvalue weighted by Gasteiger charge is 2.22. The standard InChI is InChI=1S/C14H17N3O4/c1-4-16(3)12(18)8(2)17-11-7-9(13(19)20)5-6-10(11)15-14(17)21/h5-8H,4H2,1-3H3,(H,15,21)(H,19,20). The third-order valence-electron chi connectivity index (χ3n) is 3.56. The van der Waals surface area contributed by atoms with E-state index in [1.807, 2.05) is 6.92 Å². The lowest BCUT2D eigenvalue weighted by Gasteiger charge is -2.20. The first kappa shape index (κ1) is 14.8. The number of carbonyl (C=O) groups is 2. The number of amides is 1. The number of rotatable bonds is 4. The van der Waals surface area contributed by atoms with Crippen LogP contribution in [-0.4, -0.2) is 45.0 Å². The van der Waals surface area contributed by atoms with Crippen molar-refractivity contribution in [1.29, 1.82) is 0 Å². The second kappa shape index (κ2) is 5.43. The zero-order chi connectivity index (χ0) is 15.7. The highest BCUT2D eigenvalue weighted by molar-refractivity contribution is 5.93. The lowest BCUT2D eigenvalue weighted by atomic mass is 10.2. The van der Waals surface area contributed by atoms with E-state index in [1.165, 1.54) is 27.7 Å². The second-order valence-electron chi connectivity index (χ2n) is 4.87. The Balaban J connectivity index is 2.59. The van der Waals surface area contributed by atoms with Crippen LogP contribution in [-0.2, 0) is 4.79 Å². The second-order valence-corrected chi connectivity index (χ2v) is 4.87. The first-order valence-corrected chi connectivity index (χ1v) is 6.59. The molecule has 0 aliphatic carbocycles. The van der Waals surface area contributed by atoms with E-state index in [4.69, 9.17) is 5.11 Å². The number of aromatic carboxylic acids is 1. The molecule has 1 atom stereocenters. The van der Waals surface area contributed by atoms with Crippen LogP contribution in [0.3, 0.4) is 0 Å². The highest BCUT2D eigenvalue weighted by Crippen LogP contribution is 2.18. The van der Waals surface area contributed by atoms with Crippen molar-refractivity contribution in [2.24, 2.45) is 0 Å². The zero-order valence-electron chi connectivity index (χ0n) is 12.1. The van der Waals surface area contributed by atoms with Gasteiger partial charge in [-0.3, -0.25) is 9.36 Å². The number of carboxylic acids is 1. The predicted octanol–water partition coefficient (Wildman–Crippen LogP) is 1.07. The van der Waals surface area contributed by atoms with Crippen LogP contribution in [0.1, 0.15) is 30.2 Å². The summed E-state index contributed by atoms with van der Waals surface area (Å²) in [7, 11) is 1.65. The van der Waals surface area contributed by atoms with E-state index in [-0.39, 0.29) is 11.5 Å². The van der Waals surface area contributed by atoms with E-state index < -0.39 is 17.7 Å². The van der Waals surface area contributed by atoms with E-state index in [2.05, 4.69) is 4.98 Å². The van der Waals surface area contributed by atoms with Gasteiger partial charge in [0.25, 0.3) is 0 Å². The van der Waals surface area contributed by atoms with E-state index in [9.17, 15) is 14.4 Å². The van der Waals surface area contributed by atoms with Crippen molar-refractivity contribution in [3.8, 4) is 0 Å². The number of hydrogen-bond donors (Lipinski definition) is 2. The van der Waals surface area contributed by atoms with Gasteiger partial charge in [0.2, 0.25) is 5.91 Å². The number of benzene rings is 1. The fourth-order valence-corrected chi connectivity index (χ4v) is 2.22. The number of fused-ring (bicyclic) bond motifs is 1. The van der Waals surface area contributed by atoms with Crippen LogP contribution in [0.4, 0.5) is 0 Å². The van der Waals surface area contributed by atoms with Crippen LogP contribution >= 0.6 is 0 Å². The molecule has 7 nitrogen and oxygen atoms in total. The summed E-state index contributed by atoms with van der Waals surface area (Å²) >= 11 is 0. The first-order chi connectivity index (χ1) is 9.86. The largest absolute Gasteiger partial charge is 0.478 e. The Kier molecular flexibility index (Phi) is 3.84. The van der Waals surface area contributed by atoms with Gasteiger partial charge in [-0.2, -0.15) is 0 Å². The molecule has 0 aliphatic heterocycles. The maximum Gasteiger partial charge on any atom is 0.335 e. The Morgan fingerprint density at radius 1 is 1.43 bits per heavy atom. The summed E-state index contributed by atoms with van der Waals surface area (Å²) < 4.78 is 1.29. The summed E-state index contributed by atoms with van der Waals surface area (Å²) in [5.41, 5.74) is 0.547. The fourth-order valence-electron chi connectivity index (χ4n) is 2.22. The first-order valence-electron chi connectivity index (χ1n) is 6.59. The molecule has 0 spiro atoms. The van der Waals surface area contributed by atoms with E-state index >= 15 is 0 Å². The van der Waals surface area contributed by atoms with Crippen LogP contribution in [0.2, 0.25) is 0 Å². The number of likely N-dealkylation sites (N-methyl/N-ethyl adjacent to an activating group) is 1. The number of aromatic nitrogens is 2. The van der Waals surface area contributed by atoms with Gasteiger partial charge in [0.15, 0.2) is 0 Å². The Hall–Kier alpha value is -2.57. The summed E-state index contributed by atoms with van der Waals surface area (Å²) in [6, 6.07) is 3.62. The molecule has 1 aromatic carbocycles. The van der Waals surface area contributed by atoms with Crippen LogP contribution < -0.4 is 5.69 Å². The molecule has 0 bridgehead atoms. The molecule has 1 amide bonds. The number of H-pyrrole nitrogens is 1. The number of hydrogen-bond acceptors (Lipinski definition) is 3. The number of aromatic amines is 1. The predicted molar refractivity (Wildman–Crippen MR) is 77.5 cm³/mol. The van der Waals surface area contributed by atoms with Gasteiger partial charge >= 0.3 is 11.7 Å². The lowest BCUT2D eigenvalue weighted by Crippen LogP contribution is -2.36. The minimum Gasteiger partial charge on any atom is -0.478 e. The van der Waals surface area contributed by atoms with E-state index in [0.717, 1.165) is 0 Å². The SMILES string of the molecule is CCN(C)C(=O)C(C)n1c(=O)[nH]c2ccc(C(=O)O)cc21. The van der Waals surface area contributed by atoms with Crippen LogP contribution in [0, 0.1) is 0 Å². The Bertz CT molecular complexity index is 759. The van der Waals surface area contributed by atoms with Gasteiger partial charge in [-0.15, -0.1) is 0 Å². The molecule has 2 aromatic rings. The normalized spacial score (nSPS) is 12.3. The molecule has 112 valence electrons. The van der Waals surface area contributed by atoms with Crippen molar-refractivity contribution < 1.29 is 14.7 Å². The van der Waals surface area contributed by atoms with Crippen molar-refractivity contribution in [3.05, 3.63) is 34.2 Å². The quantitative estimate of drug-likeness (QED) is 0.880. The molecule has 7 heteroatoms. The molecule has 0 saturated heterocycles. The van der Waals surface area contributed by atoms with Gasteiger partial charge in [0, 0.05) is 13.6 Å². The van der Waals surface area contributed by atoms with E-state index in [1.54, 1.807) is 14.0 Å². The molecule has 21 heavy (non-hydrogen) atoms. The Labute approximate surface area is 120 Å². The summed E-state index contributed by atoms with van der Waals surface area (Å²) in [6.45, 7) is 3.99. The van der Waals surface area contributed by atoms with Crippen molar-refractivity contribution in [2.75, 3.05) is 13.6 Å². The zero-order valence-corrected chi connectivity index (χ0v) is 12.1.